The highest BCUT2D eigenvalue weighted by Crippen LogP contribution is 2.42. The van der Waals surface area contributed by atoms with Gasteiger partial charge in [0, 0.05) is 31.8 Å². The van der Waals surface area contributed by atoms with Crippen LogP contribution in [0.4, 0.5) is 0 Å². The van der Waals surface area contributed by atoms with E-state index in [0.717, 1.165) is 31.5 Å². The molecule has 0 aromatic heterocycles. The van der Waals surface area contributed by atoms with Crippen molar-refractivity contribution in [1.82, 2.24) is 4.90 Å². The number of carbonyl (C=O) groups is 1. The van der Waals surface area contributed by atoms with Gasteiger partial charge < -0.3 is 9.64 Å². The monoisotopic (exact) mass is 323 g/mol. The summed E-state index contributed by atoms with van der Waals surface area (Å²) in [4.78, 5) is 14.3. The van der Waals surface area contributed by atoms with Gasteiger partial charge in [-0.2, -0.15) is 0 Å². The fourth-order valence-corrected chi connectivity index (χ4v) is 3.21. The highest BCUT2D eigenvalue weighted by Gasteiger charge is 2.46. The molecule has 4 heteroatoms. The summed E-state index contributed by atoms with van der Waals surface area (Å²) in [6.07, 6.45) is 4.01. The molecule has 22 heavy (non-hydrogen) atoms. The summed E-state index contributed by atoms with van der Waals surface area (Å²) in [6, 6.07) is 10.2. The predicted molar refractivity (Wildman–Crippen MR) is 92.2 cm³/mol. The molecule has 1 aromatic carbocycles. The molecule has 0 saturated carbocycles. The minimum Gasteiger partial charge on any atom is -0.454 e. The van der Waals surface area contributed by atoms with Gasteiger partial charge in [0.1, 0.15) is 5.60 Å². The lowest BCUT2D eigenvalue weighted by Crippen LogP contribution is -2.51. The van der Waals surface area contributed by atoms with Crippen LogP contribution in [0.25, 0.3) is 0 Å². The van der Waals surface area contributed by atoms with E-state index in [0.29, 0.717) is 6.42 Å². The maximum atomic E-state index is 12.0. The lowest BCUT2D eigenvalue weighted by Gasteiger charge is -2.46. The summed E-state index contributed by atoms with van der Waals surface area (Å²) in [6.45, 7) is 7.57. The zero-order valence-corrected chi connectivity index (χ0v) is 14.3. The average Bonchev–Trinajstić information content (AvgIpc) is 2.51. The van der Waals surface area contributed by atoms with Gasteiger partial charge in [0.05, 0.1) is 0 Å². The average molecular weight is 324 g/mol. The second kappa shape index (κ2) is 8.35. The number of allylic oxidation sites excluding steroid dienone is 1. The van der Waals surface area contributed by atoms with Crippen molar-refractivity contribution in [2.45, 2.75) is 31.8 Å². The normalized spacial score (nSPS) is 25.1. The molecule has 1 heterocycles. The summed E-state index contributed by atoms with van der Waals surface area (Å²) >= 11 is 0. The molecule has 2 atom stereocenters. The molecule has 1 aliphatic rings. The number of esters is 1. The molecular formula is C18H26ClNO2. The third-order valence-electron chi connectivity index (χ3n) is 4.35. The van der Waals surface area contributed by atoms with Crippen molar-refractivity contribution >= 4 is 18.4 Å². The Bertz CT molecular complexity index is 491. The van der Waals surface area contributed by atoms with E-state index >= 15 is 0 Å². The Kier molecular flexibility index (Phi) is 7.11. The number of piperidine rings is 1. The third-order valence-corrected chi connectivity index (χ3v) is 4.35. The molecule has 122 valence electrons. The lowest BCUT2D eigenvalue weighted by molar-refractivity contribution is -0.175. The van der Waals surface area contributed by atoms with E-state index in [1.165, 1.54) is 0 Å². The second-order valence-electron chi connectivity index (χ2n) is 5.82. The molecule has 2 rings (SSSR count). The van der Waals surface area contributed by atoms with E-state index in [-0.39, 0.29) is 24.3 Å². The Morgan fingerprint density at radius 3 is 2.73 bits per heavy atom. The first-order chi connectivity index (χ1) is 10.1. The van der Waals surface area contributed by atoms with E-state index in [4.69, 9.17) is 4.74 Å². The fraction of sp³-hybridized carbons (Fsp3) is 0.500. The van der Waals surface area contributed by atoms with Crippen LogP contribution in [0, 0.1) is 5.92 Å². The van der Waals surface area contributed by atoms with Gasteiger partial charge in [-0.15, -0.1) is 19.0 Å². The summed E-state index contributed by atoms with van der Waals surface area (Å²) < 4.78 is 6.01. The molecule has 1 fully saturated rings. The highest BCUT2D eigenvalue weighted by atomic mass is 35.5. The number of hydrogen-bond acceptors (Lipinski definition) is 3. The number of likely N-dealkylation sites (tertiary alicyclic amines) is 1. The van der Waals surface area contributed by atoms with Gasteiger partial charge in [-0.25, -0.2) is 0 Å². The van der Waals surface area contributed by atoms with Gasteiger partial charge >= 0.3 is 5.97 Å². The first-order valence-electron chi connectivity index (χ1n) is 7.69. The van der Waals surface area contributed by atoms with Crippen molar-refractivity contribution in [3.05, 3.63) is 48.6 Å². The Labute approximate surface area is 139 Å². The number of ether oxygens (including phenoxy) is 1. The molecule has 1 aliphatic heterocycles. The maximum Gasteiger partial charge on any atom is 0.306 e. The molecule has 1 saturated heterocycles. The van der Waals surface area contributed by atoms with E-state index in [1.807, 2.05) is 31.2 Å². The zero-order chi connectivity index (χ0) is 15.3. The predicted octanol–water partition coefficient (Wildman–Crippen LogP) is 3.78. The Morgan fingerprint density at radius 2 is 2.14 bits per heavy atom. The van der Waals surface area contributed by atoms with E-state index in [2.05, 4.69) is 30.7 Å². The smallest absolute Gasteiger partial charge is 0.306 e. The van der Waals surface area contributed by atoms with Gasteiger partial charge in [0.25, 0.3) is 0 Å². The maximum absolute atomic E-state index is 12.0. The van der Waals surface area contributed by atoms with E-state index < -0.39 is 5.60 Å². The first kappa shape index (κ1) is 18.7. The summed E-state index contributed by atoms with van der Waals surface area (Å²) in [5.41, 5.74) is 0.585. The molecule has 2 unspecified atom stereocenters. The summed E-state index contributed by atoms with van der Waals surface area (Å²) in [5, 5.41) is 0. The molecule has 0 aliphatic carbocycles. The van der Waals surface area contributed by atoms with Crippen LogP contribution in [0.15, 0.2) is 43.0 Å². The topological polar surface area (TPSA) is 29.5 Å². The molecule has 1 aromatic rings. The number of rotatable bonds is 5. The minimum absolute atomic E-state index is 0. The van der Waals surface area contributed by atoms with Crippen LogP contribution in [0.1, 0.15) is 31.7 Å². The first-order valence-corrected chi connectivity index (χ1v) is 7.69. The van der Waals surface area contributed by atoms with Crippen molar-refractivity contribution in [1.29, 1.82) is 0 Å². The van der Waals surface area contributed by atoms with Gasteiger partial charge in [0.2, 0.25) is 0 Å². The Balaban J connectivity index is 0.00000242. The number of nitrogens with zero attached hydrogens (tertiary/aromatic N) is 1. The van der Waals surface area contributed by atoms with Crippen LogP contribution in [0.3, 0.4) is 0 Å². The molecule has 0 radical (unpaired) electrons. The van der Waals surface area contributed by atoms with Crippen molar-refractivity contribution in [2.75, 3.05) is 20.1 Å². The number of benzene rings is 1. The minimum atomic E-state index is -0.519. The SMILES string of the molecule is C=CCC1CN(C)CCC1(OC(=O)CC)c1ccccc1.Cl. The van der Waals surface area contributed by atoms with Crippen molar-refractivity contribution in [3.8, 4) is 0 Å². The van der Waals surface area contributed by atoms with Gasteiger partial charge in [-0.05, 0) is 19.0 Å². The standard InChI is InChI=1S/C18H25NO2.ClH/c1-4-9-16-14-19(3)13-12-18(16,21-17(20)5-2)15-10-7-6-8-11-15;/h4,6-8,10-11,16H,1,5,9,12-14H2,2-3H3;1H. The third kappa shape index (κ3) is 3.90. The molecule has 0 amide bonds. The zero-order valence-electron chi connectivity index (χ0n) is 13.5. The molecule has 0 bridgehead atoms. The second-order valence-corrected chi connectivity index (χ2v) is 5.82. The van der Waals surface area contributed by atoms with Gasteiger partial charge in [-0.1, -0.05) is 43.3 Å². The van der Waals surface area contributed by atoms with E-state index in [1.54, 1.807) is 0 Å². The molecule has 3 nitrogen and oxygen atoms in total. The summed E-state index contributed by atoms with van der Waals surface area (Å²) in [7, 11) is 2.12. The number of halogens is 1. The lowest BCUT2D eigenvalue weighted by atomic mass is 9.74. The Morgan fingerprint density at radius 1 is 1.45 bits per heavy atom. The van der Waals surface area contributed by atoms with Gasteiger partial charge in [0.15, 0.2) is 0 Å². The van der Waals surface area contributed by atoms with Crippen LogP contribution in [0.2, 0.25) is 0 Å². The van der Waals surface area contributed by atoms with Crippen LogP contribution in [-0.2, 0) is 15.1 Å². The van der Waals surface area contributed by atoms with Crippen molar-refractivity contribution < 1.29 is 9.53 Å². The molecule has 0 spiro atoms. The van der Waals surface area contributed by atoms with E-state index in [9.17, 15) is 4.79 Å². The molecular weight excluding hydrogens is 298 g/mol. The van der Waals surface area contributed by atoms with Crippen LogP contribution in [0.5, 0.6) is 0 Å². The van der Waals surface area contributed by atoms with Crippen LogP contribution in [-0.4, -0.2) is 31.0 Å². The van der Waals surface area contributed by atoms with Crippen molar-refractivity contribution in [3.63, 3.8) is 0 Å². The van der Waals surface area contributed by atoms with Crippen LogP contribution >= 0.6 is 12.4 Å². The van der Waals surface area contributed by atoms with Crippen molar-refractivity contribution in [2.24, 2.45) is 5.92 Å². The molecule has 0 N–H and O–H groups in total. The largest absolute Gasteiger partial charge is 0.454 e. The quantitative estimate of drug-likeness (QED) is 0.610. The number of hydrogen-bond donors (Lipinski definition) is 0. The van der Waals surface area contributed by atoms with Gasteiger partial charge in [-0.3, -0.25) is 4.79 Å². The van der Waals surface area contributed by atoms with Crippen LogP contribution < -0.4 is 0 Å². The highest BCUT2D eigenvalue weighted by molar-refractivity contribution is 5.85. The fourth-order valence-electron chi connectivity index (χ4n) is 3.21. The summed E-state index contributed by atoms with van der Waals surface area (Å²) in [5.74, 6) is 0.115. The number of carbonyl (C=O) groups excluding carboxylic acids is 1. The Hall–Kier alpha value is -1.32.